The molecule has 4 rings (SSSR count). The highest BCUT2D eigenvalue weighted by Gasteiger charge is 2.21. The topological polar surface area (TPSA) is 98.1 Å². The Hall–Kier alpha value is -4.46. The van der Waals surface area contributed by atoms with Crippen LogP contribution in [0.3, 0.4) is 0 Å². The molecule has 2 aromatic heterocycles. The molecule has 178 valence electrons. The Morgan fingerprint density at radius 3 is 2.26 bits per heavy atom. The zero-order valence-corrected chi connectivity index (χ0v) is 19.9. The molecule has 0 fully saturated rings. The zero-order chi connectivity index (χ0) is 24.8. The number of pyridine rings is 1. The number of benzene rings is 2. The van der Waals surface area contributed by atoms with E-state index in [1.54, 1.807) is 41.2 Å². The average molecular weight is 470 g/mol. The van der Waals surface area contributed by atoms with Crippen molar-refractivity contribution in [1.29, 1.82) is 0 Å². The van der Waals surface area contributed by atoms with Gasteiger partial charge in [-0.05, 0) is 62.7 Å². The highest BCUT2D eigenvalue weighted by Crippen LogP contribution is 2.23. The van der Waals surface area contributed by atoms with E-state index < -0.39 is 6.09 Å². The molecule has 8 heteroatoms. The first-order valence-electron chi connectivity index (χ1n) is 11.2. The lowest BCUT2D eigenvalue weighted by atomic mass is 10.1. The van der Waals surface area contributed by atoms with Gasteiger partial charge in [0.1, 0.15) is 5.75 Å². The number of amides is 2. The first-order valence-corrected chi connectivity index (χ1v) is 11.2. The van der Waals surface area contributed by atoms with E-state index in [9.17, 15) is 9.59 Å². The Bertz CT molecular complexity index is 1290. The lowest BCUT2D eigenvalue weighted by Gasteiger charge is -2.19. The minimum absolute atomic E-state index is 0.258. The molecular formula is C27H27N5O3. The maximum absolute atomic E-state index is 12.8. The SMILES string of the molecule is CC(C)(C)NC(=O)c1cc(-c2ccc(CNC(=O)Oc3ccccc3)cn2)n(-c2ccccc2)n1. The van der Waals surface area contributed by atoms with E-state index >= 15 is 0 Å². The van der Waals surface area contributed by atoms with Crippen molar-refractivity contribution in [3.8, 4) is 22.8 Å². The third-order valence-electron chi connectivity index (χ3n) is 4.91. The third-order valence-corrected chi connectivity index (χ3v) is 4.91. The number of nitrogens with zero attached hydrogens (tertiary/aromatic N) is 3. The summed E-state index contributed by atoms with van der Waals surface area (Å²) in [6.07, 6.45) is 1.13. The van der Waals surface area contributed by atoms with Gasteiger partial charge in [0, 0.05) is 18.3 Å². The Balaban J connectivity index is 1.52. The maximum Gasteiger partial charge on any atom is 0.412 e. The standard InChI is InChI=1S/C27H27N5O3/c1-27(2,3)30-25(33)23-16-24(32(31-23)20-10-6-4-7-11-20)22-15-14-19(17-28-22)18-29-26(34)35-21-12-8-5-9-13-21/h4-17H,18H2,1-3H3,(H,29,34)(H,30,33). The summed E-state index contributed by atoms with van der Waals surface area (Å²) in [5.41, 5.74) is 2.85. The number of hydrogen-bond donors (Lipinski definition) is 2. The zero-order valence-electron chi connectivity index (χ0n) is 19.9. The van der Waals surface area contributed by atoms with Gasteiger partial charge in [-0.1, -0.05) is 42.5 Å². The first-order chi connectivity index (χ1) is 16.8. The van der Waals surface area contributed by atoms with Crippen molar-refractivity contribution in [3.63, 3.8) is 0 Å². The van der Waals surface area contributed by atoms with Gasteiger partial charge in [-0.3, -0.25) is 9.78 Å². The predicted octanol–water partition coefficient (Wildman–Crippen LogP) is 4.75. The second-order valence-electron chi connectivity index (χ2n) is 8.97. The molecule has 2 N–H and O–H groups in total. The van der Waals surface area contributed by atoms with E-state index in [0.717, 1.165) is 11.3 Å². The lowest BCUT2D eigenvalue weighted by molar-refractivity contribution is 0.0914. The molecule has 0 atom stereocenters. The van der Waals surface area contributed by atoms with Crippen LogP contribution in [0.15, 0.2) is 85.1 Å². The second kappa shape index (κ2) is 10.2. The van der Waals surface area contributed by atoms with Gasteiger partial charge in [0.15, 0.2) is 5.69 Å². The number of carbonyl (C=O) groups is 2. The summed E-state index contributed by atoms with van der Waals surface area (Å²) in [5.74, 6) is 0.213. The maximum atomic E-state index is 12.8. The largest absolute Gasteiger partial charge is 0.412 e. The van der Waals surface area contributed by atoms with Crippen LogP contribution in [0.4, 0.5) is 4.79 Å². The van der Waals surface area contributed by atoms with Gasteiger partial charge in [-0.2, -0.15) is 5.10 Å². The van der Waals surface area contributed by atoms with Crippen LogP contribution >= 0.6 is 0 Å². The molecule has 0 aliphatic rings. The Morgan fingerprint density at radius 1 is 0.943 bits per heavy atom. The van der Waals surface area contributed by atoms with Crippen LogP contribution in [-0.4, -0.2) is 32.3 Å². The molecule has 0 bridgehead atoms. The van der Waals surface area contributed by atoms with Gasteiger partial charge in [0.25, 0.3) is 5.91 Å². The molecule has 0 saturated carbocycles. The second-order valence-corrected chi connectivity index (χ2v) is 8.97. The highest BCUT2D eigenvalue weighted by atomic mass is 16.6. The first kappa shape index (κ1) is 23.7. The molecule has 0 aliphatic heterocycles. The fourth-order valence-electron chi connectivity index (χ4n) is 3.33. The van der Waals surface area contributed by atoms with Crippen LogP contribution in [0, 0.1) is 0 Å². The van der Waals surface area contributed by atoms with Crippen LogP contribution in [0.1, 0.15) is 36.8 Å². The number of para-hydroxylation sites is 2. The average Bonchev–Trinajstić information content (AvgIpc) is 3.29. The summed E-state index contributed by atoms with van der Waals surface area (Å²) in [6, 6.07) is 23.9. The summed E-state index contributed by atoms with van der Waals surface area (Å²) in [4.78, 5) is 29.4. The number of carbonyl (C=O) groups excluding carboxylic acids is 2. The minimum atomic E-state index is -0.545. The fraction of sp³-hybridized carbons (Fsp3) is 0.185. The number of aromatic nitrogens is 3. The van der Waals surface area contributed by atoms with Crippen LogP contribution in [0.2, 0.25) is 0 Å². The van der Waals surface area contributed by atoms with E-state index in [1.165, 1.54) is 0 Å². The fourth-order valence-corrected chi connectivity index (χ4v) is 3.33. The summed E-state index contributed by atoms with van der Waals surface area (Å²) in [6.45, 7) is 6.02. The van der Waals surface area contributed by atoms with E-state index in [2.05, 4.69) is 20.7 Å². The summed E-state index contributed by atoms with van der Waals surface area (Å²) < 4.78 is 6.94. The normalized spacial score (nSPS) is 11.1. The molecule has 0 radical (unpaired) electrons. The smallest absolute Gasteiger partial charge is 0.410 e. The van der Waals surface area contributed by atoms with Crippen molar-refractivity contribution in [1.82, 2.24) is 25.4 Å². The Labute approximate surface area is 204 Å². The highest BCUT2D eigenvalue weighted by molar-refractivity contribution is 5.94. The molecule has 2 heterocycles. The molecule has 0 aliphatic carbocycles. The number of hydrogen-bond acceptors (Lipinski definition) is 5. The number of nitrogens with one attached hydrogen (secondary N) is 2. The molecule has 35 heavy (non-hydrogen) atoms. The van der Waals surface area contributed by atoms with Gasteiger partial charge >= 0.3 is 6.09 Å². The molecular weight excluding hydrogens is 442 g/mol. The van der Waals surface area contributed by atoms with E-state index in [0.29, 0.717) is 22.8 Å². The van der Waals surface area contributed by atoms with Crippen LogP contribution in [0.5, 0.6) is 5.75 Å². The van der Waals surface area contributed by atoms with E-state index in [-0.39, 0.29) is 18.0 Å². The minimum Gasteiger partial charge on any atom is -0.410 e. The van der Waals surface area contributed by atoms with Gasteiger partial charge in [-0.25, -0.2) is 9.48 Å². The lowest BCUT2D eigenvalue weighted by Crippen LogP contribution is -2.40. The van der Waals surface area contributed by atoms with Crippen LogP contribution in [-0.2, 0) is 6.54 Å². The van der Waals surface area contributed by atoms with Crippen molar-refractivity contribution in [2.24, 2.45) is 0 Å². The molecule has 0 saturated heterocycles. The molecule has 4 aromatic rings. The molecule has 0 unspecified atom stereocenters. The monoisotopic (exact) mass is 469 g/mol. The van der Waals surface area contributed by atoms with Crippen LogP contribution < -0.4 is 15.4 Å². The van der Waals surface area contributed by atoms with Crippen molar-refractivity contribution in [2.45, 2.75) is 32.9 Å². The Kier molecular flexibility index (Phi) is 6.91. The molecule has 8 nitrogen and oxygen atoms in total. The van der Waals surface area contributed by atoms with E-state index in [4.69, 9.17) is 4.74 Å². The van der Waals surface area contributed by atoms with E-state index in [1.807, 2.05) is 69.3 Å². The van der Waals surface area contributed by atoms with Crippen LogP contribution in [0.25, 0.3) is 17.1 Å². The molecule has 2 aromatic carbocycles. The van der Waals surface area contributed by atoms with Crippen molar-refractivity contribution >= 4 is 12.0 Å². The summed E-state index contributed by atoms with van der Waals surface area (Å²) >= 11 is 0. The van der Waals surface area contributed by atoms with Crippen molar-refractivity contribution in [3.05, 3.63) is 96.3 Å². The van der Waals surface area contributed by atoms with Gasteiger partial charge < -0.3 is 15.4 Å². The summed E-state index contributed by atoms with van der Waals surface area (Å²) in [5, 5.41) is 10.2. The summed E-state index contributed by atoms with van der Waals surface area (Å²) in [7, 11) is 0. The van der Waals surface area contributed by atoms with Gasteiger partial charge in [0.05, 0.1) is 17.1 Å². The van der Waals surface area contributed by atoms with Crippen molar-refractivity contribution in [2.75, 3.05) is 0 Å². The molecule has 0 spiro atoms. The Morgan fingerprint density at radius 2 is 1.63 bits per heavy atom. The van der Waals surface area contributed by atoms with Gasteiger partial charge in [0.2, 0.25) is 0 Å². The number of ether oxygens (including phenoxy) is 1. The van der Waals surface area contributed by atoms with Crippen molar-refractivity contribution < 1.29 is 14.3 Å². The molecule has 2 amide bonds. The third kappa shape index (κ3) is 6.32. The number of rotatable bonds is 6. The van der Waals surface area contributed by atoms with Gasteiger partial charge in [-0.15, -0.1) is 0 Å². The predicted molar refractivity (Wildman–Crippen MR) is 133 cm³/mol. The quantitative estimate of drug-likeness (QED) is 0.425.